The average Bonchev–Trinajstić information content (AvgIpc) is 2.76. The van der Waals surface area contributed by atoms with E-state index in [0.717, 1.165) is 16.7 Å². The molecule has 2 heterocycles. The number of para-hydroxylation sites is 1. The largest absolute Gasteiger partial charge is 0.494 e. The number of fused-ring (bicyclic) bond motifs is 1. The Morgan fingerprint density at radius 3 is 2.63 bits per heavy atom. The Morgan fingerprint density at radius 1 is 1.10 bits per heavy atom. The smallest absolute Gasteiger partial charge is 0.262 e. The van der Waals surface area contributed by atoms with E-state index < -0.39 is 0 Å². The van der Waals surface area contributed by atoms with Gasteiger partial charge >= 0.3 is 0 Å². The lowest BCUT2D eigenvalue weighted by Gasteiger charge is -2.07. The Kier molecular flexibility index (Phi) is 5.57. The number of hydrogen-bond acceptors (Lipinski definition) is 5. The highest BCUT2D eigenvalue weighted by Gasteiger charge is 2.13. The number of nitrogens with one attached hydrogen (secondary N) is 1. The number of benzene rings is 2. The fourth-order valence-electron chi connectivity index (χ4n) is 2.94. The maximum atomic E-state index is 13.0. The van der Waals surface area contributed by atoms with Crippen LogP contribution in [0.3, 0.4) is 0 Å². The SMILES string of the molecule is CCOc1ccc(N=c2oc3ccccc3cc2C(=O)Nc2ccc(C)cn2)cc1. The molecule has 0 fully saturated rings. The molecule has 2 aromatic heterocycles. The molecule has 0 saturated heterocycles. The summed E-state index contributed by atoms with van der Waals surface area (Å²) in [6, 6.07) is 20.2. The van der Waals surface area contributed by atoms with Crippen molar-refractivity contribution in [2.75, 3.05) is 11.9 Å². The Bertz CT molecular complexity index is 1240. The molecule has 0 spiro atoms. The first-order valence-electron chi connectivity index (χ1n) is 9.67. The summed E-state index contributed by atoms with van der Waals surface area (Å²) < 4.78 is 11.4. The third-order valence-corrected chi connectivity index (χ3v) is 4.43. The molecule has 0 aliphatic heterocycles. The molecule has 4 aromatic rings. The highest BCUT2D eigenvalue weighted by atomic mass is 16.5. The molecule has 0 saturated carbocycles. The van der Waals surface area contributed by atoms with Crippen molar-refractivity contribution in [1.29, 1.82) is 0 Å². The van der Waals surface area contributed by atoms with Gasteiger partial charge in [-0.2, -0.15) is 0 Å². The summed E-state index contributed by atoms with van der Waals surface area (Å²) >= 11 is 0. The number of carbonyl (C=O) groups is 1. The molecule has 0 aliphatic carbocycles. The van der Waals surface area contributed by atoms with Crippen molar-refractivity contribution >= 4 is 28.4 Å². The van der Waals surface area contributed by atoms with E-state index in [1.54, 1.807) is 18.3 Å². The zero-order valence-corrected chi connectivity index (χ0v) is 16.8. The second-order valence-corrected chi connectivity index (χ2v) is 6.72. The van der Waals surface area contributed by atoms with Gasteiger partial charge in [0.25, 0.3) is 5.91 Å². The van der Waals surface area contributed by atoms with Crippen LogP contribution in [0.25, 0.3) is 11.0 Å². The van der Waals surface area contributed by atoms with Gasteiger partial charge in [-0.1, -0.05) is 24.3 Å². The first-order chi connectivity index (χ1) is 14.6. The zero-order chi connectivity index (χ0) is 20.9. The van der Waals surface area contributed by atoms with Crippen molar-refractivity contribution in [3.63, 3.8) is 0 Å². The third-order valence-electron chi connectivity index (χ3n) is 4.43. The van der Waals surface area contributed by atoms with Crippen LogP contribution in [0.1, 0.15) is 22.8 Å². The van der Waals surface area contributed by atoms with Crippen molar-refractivity contribution in [3.05, 3.63) is 89.6 Å². The summed E-state index contributed by atoms with van der Waals surface area (Å²) in [5, 5.41) is 3.62. The fourth-order valence-corrected chi connectivity index (χ4v) is 2.94. The first kappa shape index (κ1) is 19.4. The van der Waals surface area contributed by atoms with Gasteiger partial charge in [0.05, 0.1) is 12.3 Å². The monoisotopic (exact) mass is 399 g/mol. The van der Waals surface area contributed by atoms with Crippen molar-refractivity contribution in [2.24, 2.45) is 4.99 Å². The maximum Gasteiger partial charge on any atom is 0.262 e. The van der Waals surface area contributed by atoms with Crippen LogP contribution in [0.5, 0.6) is 5.75 Å². The minimum atomic E-state index is -0.342. The molecule has 6 heteroatoms. The predicted octanol–water partition coefficient (Wildman–Crippen LogP) is 5.02. The number of rotatable bonds is 5. The van der Waals surface area contributed by atoms with E-state index in [1.807, 2.05) is 68.4 Å². The molecule has 4 rings (SSSR count). The van der Waals surface area contributed by atoms with Crippen molar-refractivity contribution in [1.82, 2.24) is 4.98 Å². The zero-order valence-electron chi connectivity index (χ0n) is 16.8. The number of anilines is 1. The summed E-state index contributed by atoms with van der Waals surface area (Å²) in [7, 11) is 0. The number of carbonyl (C=O) groups excluding carboxylic acids is 1. The van der Waals surface area contributed by atoms with Crippen LogP contribution in [0.15, 0.2) is 82.3 Å². The Labute approximate surface area is 173 Å². The highest BCUT2D eigenvalue weighted by molar-refractivity contribution is 6.04. The number of aryl methyl sites for hydroxylation is 1. The fraction of sp³-hybridized carbons (Fsp3) is 0.125. The molecule has 2 aromatic carbocycles. The van der Waals surface area contributed by atoms with E-state index in [2.05, 4.69) is 15.3 Å². The molecule has 6 nitrogen and oxygen atoms in total. The lowest BCUT2D eigenvalue weighted by atomic mass is 10.1. The molecule has 0 bridgehead atoms. The second-order valence-electron chi connectivity index (χ2n) is 6.72. The van der Waals surface area contributed by atoms with E-state index in [1.165, 1.54) is 0 Å². The van der Waals surface area contributed by atoms with Crippen LogP contribution in [0.4, 0.5) is 11.5 Å². The molecule has 0 aliphatic rings. The molecule has 0 radical (unpaired) electrons. The van der Waals surface area contributed by atoms with Gasteiger partial charge in [0, 0.05) is 11.6 Å². The van der Waals surface area contributed by atoms with E-state index in [0.29, 0.717) is 29.3 Å². The molecular weight excluding hydrogens is 378 g/mol. The lowest BCUT2D eigenvalue weighted by molar-refractivity contribution is 0.102. The van der Waals surface area contributed by atoms with Gasteiger partial charge in [0.15, 0.2) is 0 Å². The summed E-state index contributed by atoms with van der Waals surface area (Å²) in [5.41, 5.74) is 2.86. The number of aromatic nitrogens is 1. The Hall–Kier alpha value is -3.93. The second kappa shape index (κ2) is 8.61. The quantitative estimate of drug-likeness (QED) is 0.511. The normalized spacial score (nSPS) is 11.5. The van der Waals surface area contributed by atoms with Crippen LogP contribution in [0.2, 0.25) is 0 Å². The van der Waals surface area contributed by atoms with E-state index in [4.69, 9.17) is 9.15 Å². The molecular formula is C24H21N3O3. The van der Waals surface area contributed by atoms with Crippen molar-refractivity contribution in [3.8, 4) is 5.75 Å². The van der Waals surface area contributed by atoms with Gasteiger partial charge in [-0.25, -0.2) is 9.98 Å². The van der Waals surface area contributed by atoms with Gasteiger partial charge < -0.3 is 14.5 Å². The molecule has 0 atom stereocenters. The summed E-state index contributed by atoms with van der Waals surface area (Å²) in [5.74, 6) is 0.881. The number of amides is 1. The number of ether oxygens (including phenoxy) is 1. The van der Waals surface area contributed by atoms with Gasteiger partial charge in [-0.3, -0.25) is 4.79 Å². The van der Waals surface area contributed by atoms with E-state index >= 15 is 0 Å². The molecule has 30 heavy (non-hydrogen) atoms. The Morgan fingerprint density at radius 2 is 1.90 bits per heavy atom. The lowest BCUT2D eigenvalue weighted by Crippen LogP contribution is -2.22. The van der Waals surface area contributed by atoms with Gasteiger partial charge in [-0.15, -0.1) is 0 Å². The molecule has 1 N–H and O–H groups in total. The van der Waals surface area contributed by atoms with Crippen molar-refractivity contribution in [2.45, 2.75) is 13.8 Å². The molecule has 1 amide bonds. The summed E-state index contributed by atoms with van der Waals surface area (Å²) in [6.07, 6.45) is 1.70. The third kappa shape index (κ3) is 4.38. The topological polar surface area (TPSA) is 76.7 Å². The minimum absolute atomic E-state index is 0.225. The van der Waals surface area contributed by atoms with Crippen LogP contribution in [-0.2, 0) is 0 Å². The average molecular weight is 399 g/mol. The van der Waals surface area contributed by atoms with Crippen LogP contribution < -0.4 is 15.6 Å². The maximum absolute atomic E-state index is 13.0. The van der Waals surface area contributed by atoms with Gasteiger partial charge in [-0.05, 0) is 61.9 Å². The summed E-state index contributed by atoms with van der Waals surface area (Å²) in [6.45, 7) is 4.46. The number of pyridine rings is 1. The van der Waals surface area contributed by atoms with Gasteiger partial charge in [0.1, 0.15) is 22.7 Å². The van der Waals surface area contributed by atoms with Crippen LogP contribution >= 0.6 is 0 Å². The van der Waals surface area contributed by atoms with Gasteiger partial charge in [0.2, 0.25) is 5.55 Å². The predicted molar refractivity (Wildman–Crippen MR) is 116 cm³/mol. The highest BCUT2D eigenvalue weighted by Crippen LogP contribution is 2.19. The number of hydrogen-bond donors (Lipinski definition) is 1. The molecule has 150 valence electrons. The van der Waals surface area contributed by atoms with Crippen LogP contribution in [-0.4, -0.2) is 17.5 Å². The van der Waals surface area contributed by atoms with Crippen molar-refractivity contribution < 1.29 is 13.9 Å². The molecule has 0 unspecified atom stereocenters. The minimum Gasteiger partial charge on any atom is -0.494 e. The van der Waals surface area contributed by atoms with Crippen LogP contribution in [0, 0.1) is 6.92 Å². The summed E-state index contributed by atoms with van der Waals surface area (Å²) in [4.78, 5) is 21.8. The van der Waals surface area contributed by atoms with E-state index in [9.17, 15) is 4.79 Å². The standard InChI is InChI=1S/C24H21N3O3/c1-3-29-19-11-9-18(10-12-19)26-24-20(14-17-6-4-5-7-21(17)30-24)23(28)27-22-13-8-16(2)15-25-22/h4-15H,3H2,1-2H3,(H,25,27,28). The van der Waals surface area contributed by atoms with E-state index in [-0.39, 0.29) is 11.5 Å². The Balaban J connectivity index is 1.77. The number of nitrogens with zero attached hydrogens (tertiary/aromatic N) is 2. The first-order valence-corrected chi connectivity index (χ1v) is 9.67.